The summed E-state index contributed by atoms with van der Waals surface area (Å²) >= 11 is 5.97. The first-order chi connectivity index (χ1) is 18.0. The highest BCUT2D eigenvalue weighted by atomic mass is 35.5. The number of rotatable bonds is 10. The first-order valence-corrected chi connectivity index (χ1v) is 12.0. The van der Waals surface area contributed by atoms with E-state index < -0.39 is 5.97 Å². The third kappa shape index (κ3) is 6.45. The summed E-state index contributed by atoms with van der Waals surface area (Å²) < 4.78 is 11.6. The molecule has 1 N–H and O–H groups in total. The number of ether oxygens (including phenoxy) is 2. The topological polar surface area (TPSA) is 89.0 Å². The highest BCUT2D eigenvalue weighted by molar-refractivity contribution is 6.30. The van der Waals surface area contributed by atoms with Crippen LogP contribution in [-0.4, -0.2) is 35.7 Å². The van der Waals surface area contributed by atoms with Crippen LogP contribution in [-0.2, 0) is 6.42 Å². The monoisotopic (exact) mass is 516 g/mol. The molecule has 0 atom stereocenters. The predicted molar refractivity (Wildman–Crippen MR) is 142 cm³/mol. The first kappa shape index (κ1) is 25.7. The Morgan fingerprint density at radius 1 is 0.973 bits per heavy atom. The van der Waals surface area contributed by atoms with E-state index in [-0.39, 0.29) is 11.5 Å². The lowest BCUT2D eigenvalue weighted by Crippen LogP contribution is -2.27. The van der Waals surface area contributed by atoms with Gasteiger partial charge in [0, 0.05) is 23.5 Å². The molecular formula is C29H25ClN2O5. The molecule has 1 aromatic heterocycles. The molecule has 188 valence electrons. The molecule has 0 fully saturated rings. The molecule has 37 heavy (non-hydrogen) atoms. The van der Waals surface area contributed by atoms with E-state index in [4.69, 9.17) is 21.1 Å². The number of carboxylic acids is 1. The fourth-order valence-electron chi connectivity index (χ4n) is 3.79. The Hall–Kier alpha value is -4.36. The van der Waals surface area contributed by atoms with E-state index in [0.717, 1.165) is 18.4 Å². The number of aromatic nitrogens is 1. The van der Waals surface area contributed by atoms with Gasteiger partial charge in [0.05, 0.1) is 36.2 Å². The number of carbonyl (C=O) groups is 2. The zero-order valence-corrected chi connectivity index (χ0v) is 20.9. The van der Waals surface area contributed by atoms with Gasteiger partial charge in [-0.25, -0.2) is 4.79 Å². The minimum absolute atomic E-state index is 0.0560. The maximum atomic E-state index is 13.7. The molecule has 0 radical (unpaired) electrons. The highest BCUT2D eigenvalue weighted by Crippen LogP contribution is 2.38. The second-order valence-electron chi connectivity index (χ2n) is 8.15. The Labute approximate surface area is 219 Å². The molecule has 7 nitrogen and oxygen atoms in total. The van der Waals surface area contributed by atoms with E-state index in [2.05, 4.69) is 4.98 Å². The third-order valence-corrected chi connectivity index (χ3v) is 5.90. The van der Waals surface area contributed by atoms with Gasteiger partial charge >= 0.3 is 5.97 Å². The molecule has 8 heteroatoms. The van der Waals surface area contributed by atoms with E-state index in [1.807, 2.05) is 24.3 Å². The molecule has 1 amide bonds. The molecule has 0 unspecified atom stereocenters. The van der Waals surface area contributed by atoms with Crippen LogP contribution in [0.2, 0.25) is 5.02 Å². The van der Waals surface area contributed by atoms with Crippen molar-refractivity contribution in [1.29, 1.82) is 0 Å². The highest BCUT2D eigenvalue weighted by Gasteiger charge is 2.25. The zero-order valence-electron chi connectivity index (χ0n) is 20.1. The number of anilines is 2. The van der Waals surface area contributed by atoms with Crippen molar-refractivity contribution in [2.45, 2.75) is 12.8 Å². The Balaban J connectivity index is 1.68. The largest absolute Gasteiger partial charge is 0.497 e. The van der Waals surface area contributed by atoms with Crippen LogP contribution in [0.4, 0.5) is 11.4 Å². The lowest BCUT2D eigenvalue weighted by molar-refractivity contribution is 0.0696. The number of hydrogen-bond donors (Lipinski definition) is 1. The van der Waals surface area contributed by atoms with Crippen molar-refractivity contribution in [1.82, 2.24) is 4.98 Å². The predicted octanol–water partition coefficient (Wildman–Crippen LogP) is 6.43. The van der Waals surface area contributed by atoms with Gasteiger partial charge in [-0.05, 0) is 73.0 Å². The fraction of sp³-hybridized carbons (Fsp3) is 0.138. The average Bonchev–Trinajstić information content (AvgIpc) is 2.93. The molecule has 0 saturated heterocycles. The van der Waals surface area contributed by atoms with Crippen LogP contribution < -0.4 is 14.4 Å². The molecule has 1 heterocycles. The van der Waals surface area contributed by atoms with Crippen LogP contribution in [0, 0.1) is 0 Å². The number of carbonyl (C=O) groups excluding carboxylic acids is 1. The van der Waals surface area contributed by atoms with E-state index in [1.54, 1.807) is 55.8 Å². The molecular weight excluding hydrogens is 492 g/mol. The van der Waals surface area contributed by atoms with Crippen LogP contribution in [0.5, 0.6) is 11.5 Å². The third-order valence-electron chi connectivity index (χ3n) is 5.65. The van der Waals surface area contributed by atoms with Gasteiger partial charge in [0.25, 0.3) is 5.91 Å². The van der Waals surface area contributed by atoms with Gasteiger partial charge in [-0.2, -0.15) is 0 Å². The molecule has 0 bridgehead atoms. The molecule has 3 aromatic carbocycles. The van der Waals surface area contributed by atoms with Crippen LogP contribution in [0.25, 0.3) is 0 Å². The number of pyridine rings is 1. The number of amides is 1. The first-order valence-electron chi connectivity index (χ1n) is 11.6. The number of nitrogens with zero attached hydrogens (tertiary/aromatic N) is 2. The van der Waals surface area contributed by atoms with Crippen molar-refractivity contribution < 1.29 is 24.2 Å². The molecule has 0 aliphatic rings. The quantitative estimate of drug-likeness (QED) is 0.244. The maximum absolute atomic E-state index is 13.7. The van der Waals surface area contributed by atoms with Crippen molar-refractivity contribution in [3.63, 3.8) is 0 Å². The Morgan fingerprint density at radius 2 is 1.76 bits per heavy atom. The van der Waals surface area contributed by atoms with E-state index in [1.165, 1.54) is 23.2 Å². The summed E-state index contributed by atoms with van der Waals surface area (Å²) in [4.78, 5) is 30.9. The number of methoxy groups -OCH3 is 1. The smallest absolute Gasteiger partial charge is 0.335 e. The summed E-state index contributed by atoms with van der Waals surface area (Å²) in [6.07, 6.45) is 4.56. The molecule has 0 aliphatic heterocycles. The maximum Gasteiger partial charge on any atom is 0.335 e. The minimum atomic E-state index is -1.09. The van der Waals surface area contributed by atoms with Crippen LogP contribution in [0.3, 0.4) is 0 Å². The fourth-order valence-corrected chi connectivity index (χ4v) is 3.92. The molecule has 0 aliphatic carbocycles. The Bertz CT molecular complexity index is 1380. The van der Waals surface area contributed by atoms with Crippen molar-refractivity contribution in [3.8, 4) is 11.5 Å². The van der Waals surface area contributed by atoms with E-state index in [9.17, 15) is 14.7 Å². The van der Waals surface area contributed by atoms with Crippen molar-refractivity contribution in [2.24, 2.45) is 0 Å². The summed E-state index contributed by atoms with van der Waals surface area (Å²) in [5.41, 5.74) is 2.36. The lowest BCUT2D eigenvalue weighted by Gasteiger charge is -2.26. The summed E-state index contributed by atoms with van der Waals surface area (Å²) in [5.74, 6) is -0.492. The number of hydrogen-bond acceptors (Lipinski definition) is 5. The van der Waals surface area contributed by atoms with Gasteiger partial charge in [0.1, 0.15) is 11.5 Å². The minimum Gasteiger partial charge on any atom is -0.497 e. The number of carboxylic acid groups (broad SMARTS) is 1. The van der Waals surface area contributed by atoms with Gasteiger partial charge in [-0.15, -0.1) is 0 Å². The standard InChI is InChI=1S/C29H25ClN2O5/c1-36-25-13-14-26(27(18-25)37-16-4-5-20-9-11-23(30)12-10-20)32(28(33)22-7-3-15-31-19-22)24-8-2-6-21(17-24)29(34)35/h2-3,6-15,17-19H,4-5,16H2,1H3,(H,34,35). The average molecular weight is 517 g/mol. The van der Waals surface area contributed by atoms with Crippen LogP contribution >= 0.6 is 11.6 Å². The SMILES string of the molecule is COc1ccc(N(C(=O)c2cccnc2)c2cccc(C(=O)O)c2)c(OCCCc2ccc(Cl)cc2)c1. The molecule has 4 aromatic rings. The lowest BCUT2D eigenvalue weighted by atomic mass is 10.1. The second kappa shape index (κ2) is 12.1. The number of benzene rings is 3. The summed E-state index contributed by atoms with van der Waals surface area (Å²) in [6, 6.07) is 22.3. The molecule has 0 saturated carbocycles. The molecule has 4 rings (SSSR count). The van der Waals surface area contributed by atoms with Crippen LogP contribution in [0.1, 0.15) is 32.7 Å². The normalized spacial score (nSPS) is 10.5. The van der Waals surface area contributed by atoms with Crippen molar-refractivity contribution in [3.05, 3.63) is 113 Å². The Morgan fingerprint density at radius 3 is 2.46 bits per heavy atom. The van der Waals surface area contributed by atoms with Gasteiger partial charge in [0.15, 0.2) is 0 Å². The van der Waals surface area contributed by atoms with Crippen molar-refractivity contribution >= 4 is 34.9 Å². The zero-order chi connectivity index (χ0) is 26.2. The number of aromatic carboxylic acids is 1. The number of aryl methyl sites for hydroxylation is 1. The van der Waals surface area contributed by atoms with Gasteiger partial charge in [0.2, 0.25) is 0 Å². The van der Waals surface area contributed by atoms with Gasteiger partial charge in [-0.3, -0.25) is 14.7 Å². The van der Waals surface area contributed by atoms with E-state index in [0.29, 0.717) is 40.1 Å². The van der Waals surface area contributed by atoms with Gasteiger partial charge < -0.3 is 14.6 Å². The van der Waals surface area contributed by atoms with Crippen LogP contribution in [0.15, 0.2) is 91.3 Å². The van der Waals surface area contributed by atoms with Gasteiger partial charge in [-0.1, -0.05) is 29.8 Å². The second-order valence-corrected chi connectivity index (χ2v) is 8.59. The number of halogens is 1. The summed E-state index contributed by atoms with van der Waals surface area (Å²) in [5, 5.41) is 10.2. The van der Waals surface area contributed by atoms with Crippen molar-refractivity contribution in [2.75, 3.05) is 18.6 Å². The summed E-state index contributed by atoms with van der Waals surface area (Å²) in [6.45, 7) is 0.382. The van der Waals surface area contributed by atoms with E-state index >= 15 is 0 Å². The Kier molecular flexibility index (Phi) is 8.38. The summed E-state index contributed by atoms with van der Waals surface area (Å²) in [7, 11) is 1.55. The molecule has 0 spiro atoms.